The first-order chi connectivity index (χ1) is 10.1. The third-order valence-corrected chi connectivity index (χ3v) is 4.66. The maximum absolute atomic E-state index is 12.2. The smallest absolute Gasteiger partial charge is 0.123 e. The molecule has 0 aliphatic rings. The molecule has 0 bridgehead atoms. The van der Waals surface area contributed by atoms with Crippen LogP contribution in [0.5, 0.6) is 5.75 Å². The molecule has 0 aromatic heterocycles. The first-order valence-electron chi connectivity index (χ1n) is 7.78. The largest absolute Gasteiger partial charge is 0.496 e. The highest BCUT2D eigenvalue weighted by Gasteiger charge is 2.09. The number of nitrogens with one attached hydrogen (secondary N) is 1. The summed E-state index contributed by atoms with van der Waals surface area (Å²) in [6.07, 6.45) is 2.13. The molecule has 0 amide bonds. The lowest BCUT2D eigenvalue weighted by molar-refractivity contribution is 0.411. The fourth-order valence-corrected chi connectivity index (χ4v) is 3.53. The standard InChI is InChI=1S/C17H29NO2S/c1-5-9-18-12-15-6-7-17(20-4)16(11-15)13-21(19)10-8-14(2)3/h6-7,11,14,18H,5,8-10,12-13H2,1-4H3. The van der Waals surface area contributed by atoms with Crippen LogP contribution in [0, 0.1) is 5.92 Å². The molecule has 1 aromatic carbocycles. The Balaban J connectivity index is 2.68. The van der Waals surface area contributed by atoms with Gasteiger partial charge in [0.15, 0.2) is 0 Å². The van der Waals surface area contributed by atoms with Crippen LogP contribution in [0.3, 0.4) is 0 Å². The summed E-state index contributed by atoms with van der Waals surface area (Å²) in [6.45, 7) is 8.35. The van der Waals surface area contributed by atoms with Gasteiger partial charge in [0.05, 0.1) is 12.9 Å². The fraction of sp³-hybridized carbons (Fsp3) is 0.647. The molecule has 0 aliphatic heterocycles. The minimum Gasteiger partial charge on any atom is -0.496 e. The van der Waals surface area contributed by atoms with Crippen LogP contribution in [0.4, 0.5) is 0 Å². The molecule has 0 spiro atoms. The van der Waals surface area contributed by atoms with Gasteiger partial charge in [-0.05, 0) is 43.0 Å². The van der Waals surface area contributed by atoms with E-state index in [0.717, 1.165) is 43.0 Å². The van der Waals surface area contributed by atoms with Gasteiger partial charge >= 0.3 is 0 Å². The Kier molecular flexibility index (Phi) is 8.62. The zero-order valence-corrected chi connectivity index (χ0v) is 14.6. The fourth-order valence-electron chi connectivity index (χ4n) is 2.08. The van der Waals surface area contributed by atoms with Crippen LogP contribution in [0.1, 0.15) is 44.7 Å². The van der Waals surface area contributed by atoms with Crippen LogP contribution >= 0.6 is 0 Å². The van der Waals surface area contributed by atoms with Crippen molar-refractivity contribution in [3.05, 3.63) is 29.3 Å². The van der Waals surface area contributed by atoms with Gasteiger partial charge in [-0.25, -0.2) is 0 Å². The number of rotatable bonds is 10. The van der Waals surface area contributed by atoms with E-state index >= 15 is 0 Å². The highest BCUT2D eigenvalue weighted by atomic mass is 32.2. The molecule has 0 saturated carbocycles. The summed E-state index contributed by atoms with van der Waals surface area (Å²) in [5.41, 5.74) is 2.27. The van der Waals surface area contributed by atoms with Gasteiger partial charge in [-0.1, -0.05) is 26.8 Å². The van der Waals surface area contributed by atoms with Crippen LogP contribution in [0.15, 0.2) is 18.2 Å². The molecule has 0 heterocycles. The molecule has 0 aliphatic carbocycles. The van der Waals surface area contributed by atoms with E-state index in [1.807, 2.05) is 6.07 Å². The molecule has 21 heavy (non-hydrogen) atoms. The van der Waals surface area contributed by atoms with Gasteiger partial charge in [0.25, 0.3) is 0 Å². The molecule has 1 rings (SSSR count). The topological polar surface area (TPSA) is 38.3 Å². The molecule has 0 fully saturated rings. The summed E-state index contributed by atoms with van der Waals surface area (Å²) in [5.74, 6) is 2.78. The SMILES string of the molecule is CCCNCc1ccc(OC)c(CS(=O)CCC(C)C)c1. The van der Waals surface area contributed by atoms with Gasteiger partial charge in [0.1, 0.15) is 5.75 Å². The molecule has 0 saturated heterocycles. The summed E-state index contributed by atoms with van der Waals surface area (Å²) >= 11 is 0. The predicted octanol–water partition coefficient (Wildman–Crippen LogP) is 3.49. The van der Waals surface area contributed by atoms with Crippen molar-refractivity contribution in [1.82, 2.24) is 5.32 Å². The van der Waals surface area contributed by atoms with Gasteiger partial charge < -0.3 is 10.1 Å². The van der Waals surface area contributed by atoms with Crippen molar-refractivity contribution in [2.24, 2.45) is 5.92 Å². The lowest BCUT2D eigenvalue weighted by atomic mass is 10.1. The Labute approximate surface area is 131 Å². The lowest BCUT2D eigenvalue weighted by Gasteiger charge is -2.12. The second-order valence-electron chi connectivity index (χ2n) is 5.79. The summed E-state index contributed by atoms with van der Waals surface area (Å²) in [6, 6.07) is 6.18. The Morgan fingerprint density at radius 3 is 2.71 bits per heavy atom. The number of methoxy groups -OCH3 is 1. The molecule has 1 aromatic rings. The van der Waals surface area contributed by atoms with E-state index in [2.05, 4.69) is 38.2 Å². The van der Waals surface area contributed by atoms with Gasteiger partial charge in [-0.2, -0.15) is 0 Å². The van der Waals surface area contributed by atoms with Crippen molar-refractivity contribution in [3.63, 3.8) is 0 Å². The molecule has 0 radical (unpaired) electrons. The van der Waals surface area contributed by atoms with E-state index in [0.29, 0.717) is 11.7 Å². The number of benzene rings is 1. The maximum atomic E-state index is 12.2. The second-order valence-corrected chi connectivity index (χ2v) is 7.37. The molecule has 1 N–H and O–H groups in total. The van der Waals surface area contributed by atoms with Crippen LogP contribution in [0.2, 0.25) is 0 Å². The van der Waals surface area contributed by atoms with Crippen molar-refractivity contribution < 1.29 is 8.95 Å². The van der Waals surface area contributed by atoms with Crippen molar-refractivity contribution in [2.45, 2.75) is 45.9 Å². The van der Waals surface area contributed by atoms with Crippen molar-refractivity contribution in [2.75, 3.05) is 19.4 Å². The molecular formula is C17H29NO2S. The minimum atomic E-state index is -0.819. The summed E-state index contributed by atoms with van der Waals surface area (Å²) in [4.78, 5) is 0. The zero-order chi connectivity index (χ0) is 15.7. The van der Waals surface area contributed by atoms with Crippen molar-refractivity contribution in [3.8, 4) is 5.75 Å². The average molecular weight is 311 g/mol. The van der Waals surface area contributed by atoms with Crippen LogP contribution in [-0.2, 0) is 23.1 Å². The van der Waals surface area contributed by atoms with Gasteiger partial charge in [-0.3, -0.25) is 4.21 Å². The van der Waals surface area contributed by atoms with Crippen LogP contribution in [0.25, 0.3) is 0 Å². The molecule has 120 valence electrons. The normalized spacial score (nSPS) is 12.6. The third-order valence-electron chi connectivity index (χ3n) is 3.34. The molecule has 1 unspecified atom stereocenters. The minimum absolute atomic E-state index is 0.581. The highest BCUT2D eigenvalue weighted by molar-refractivity contribution is 7.84. The Morgan fingerprint density at radius 1 is 1.33 bits per heavy atom. The first-order valence-corrected chi connectivity index (χ1v) is 9.27. The maximum Gasteiger partial charge on any atom is 0.123 e. The average Bonchev–Trinajstić information content (AvgIpc) is 2.46. The second kappa shape index (κ2) is 9.96. The number of hydrogen-bond acceptors (Lipinski definition) is 3. The van der Waals surface area contributed by atoms with Crippen molar-refractivity contribution >= 4 is 10.8 Å². The van der Waals surface area contributed by atoms with E-state index < -0.39 is 10.8 Å². The summed E-state index contributed by atoms with van der Waals surface area (Å²) in [5, 5.41) is 3.39. The van der Waals surface area contributed by atoms with E-state index in [-0.39, 0.29) is 0 Å². The van der Waals surface area contributed by atoms with Crippen LogP contribution in [-0.4, -0.2) is 23.6 Å². The molecular weight excluding hydrogens is 282 g/mol. The predicted molar refractivity (Wildman–Crippen MR) is 91.2 cm³/mol. The van der Waals surface area contributed by atoms with E-state index in [9.17, 15) is 4.21 Å². The van der Waals surface area contributed by atoms with E-state index in [4.69, 9.17) is 4.74 Å². The highest BCUT2D eigenvalue weighted by Crippen LogP contribution is 2.22. The lowest BCUT2D eigenvalue weighted by Crippen LogP contribution is -2.14. The van der Waals surface area contributed by atoms with Crippen molar-refractivity contribution in [1.29, 1.82) is 0 Å². The van der Waals surface area contributed by atoms with Gasteiger partial charge in [0, 0.05) is 28.7 Å². The first kappa shape index (κ1) is 18.2. The third kappa shape index (κ3) is 7.09. The molecule has 4 heteroatoms. The Morgan fingerprint density at radius 2 is 2.10 bits per heavy atom. The van der Waals surface area contributed by atoms with Crippen LogP contribution < -0.4 is 10.1 Å². The number of hydrogen-bond donors (Lipinski definition) is 1. The summed E-state index contributed by atoms with van der Waals surface area (Å²) in [7, 11) is 0.852. The molecule has 1 atom stereocenters. The van der Waals surface area contributed by atoms with Gasteiger partial charge in [0.2, 0.25) is 0 Å². The Bertz CT molecular complexity index is 446. The zero-order valence-electron chi connectivity index (χ0n) is 13.8. The monoisotopic (exact) mass is 311 g/mol. The Hall–Kier alpha value is -0.870. The van der Waals surface area contributed by atoms with Gasteiger partial charge in [-0.15, -0.1) is 0 Å². The van der Waals surface area contributed by atoms with E-state index in [1.165, 1.54) is 5.56 Å². The number of ether oxygens (including phenoxy) is 1. The van der Waals surface area contributed by atoms with E-state index in [1.54, 1.807) is 7.11 Å². The molecule has 3 nitrogen and oxygen atoms in total. The summed E-state index contributed by atoms with van der Waals surface area (Å²) < 4.78 is 17.6. The quantitative estimate of drug-likeness (QED) is 0.672.